The molecule has 16 nitrogen and oxygen atoms in total. The fourth-order valence-corrected chi connectivity index (χ4v) is 14.2. The number of carbonyl (C=O) groups excluding carboxylic acids is 1. The van der Waals surface area contributed by atoms with E-state index < -0.39 is 106 Å². The molecule has 0 aromatic rings. The number of aliphatic hydroxyl groups excluding tert-OH is 5. The summed E-state index contributed by atoms with van der Waals surface area (Å²) < 4.78 is 74.6. The van der Waals surface area contributed by atoms with Crippen molar-refractivity contribution in [3.8, 4) is 0 Å². The van der Waals surface area contributed by atoms with Crippen molar-refractivity contribution in [1.29, 1.82) is 0 Å². The lowest BCUT2D eigenvalue weighted by Gasteiger charge is -2.64. The molecule has 17 heteroatoms. The molecule has 4 aliphatic heterocycles. The maximum Gasteiger partial charge on any atom is 0.397 e. The first-order valence-corrected chi connectivity index (χ1v) is 22.5. The lowest BCUT2D eigenvalue weighted by Crippen LogP contribution is -2.64. The van der Waals surface area contributed by atoms with E-state index in [0.29, 0.717) is 12.8 Å². The molecule has 3 saturated carbocycles. The van der Waals surface area contributed by atoms with E-state index in [2.05, 4.69) is 41.5 Å². The van der Waals surface area contributed by atoms with Gasteiger partial charge in [-0.3, -0.25) is 9.35 Å². The first kappa shape index (κ1) is 43.3. The minimum Gasteiger partial charge on any atom is -0.456 e. The highest BCUT2D eigenvalue weighted by molar-refractivity contribution is 7.80. The van der Waals surface area contributed by atoms with Gasteiger partial charge in [0.05, 0.1) is 36.6 Å². The zero-order valence-corrected chi connectivity index (χ0v) is 35.6. The fraction of sp³-hybridized carbons (Fsp3) is 0.927. The third-order valence-corrected chi connectivity index (χ3v) is 17.2. The molecule has 4 aliphatic carbocycles. The summed E-state index contributed by atoms with van der Waals surface area (Å²) in [6.45, 7) is 15.8. The smallest absolute Gasteiger partial charge is 0.397 e. The van der Waals surface area contributed by atoms with Gasteiger partial charge in [-0.25, -0.2) is 4.18 Å². The van der Waals surface area contributed by atoms with Crippen LogP contribution < -0.4 is 0 Å². The van der Waals surface area contributed by atoms with Crippen LogP contribution in [-0.4, -0.2) is 136 Å². The molecule has 0 aromatic heterocycles. The monoisotopic (exact) mass is 844 g/mol. The lowest BCUT2D eigenvalue weighted by molar-refractivity contribution is -0.362. The molecule has 4 saturated heterocycles. The Morgan fingerprint density at radius 3 is 2.16 bits per heavy atom. The first-order chi connectivity index (χ1) is 26.8. The SMILES string of the molecule is CC1OC(OC2C(OC3CCC4(C)C5=CC(O)C67C(=O)OC(C)(C8CCC(C)(C)O8)C6CCC7(C)C5CCC4C3(C)C)OCC(OS(=O)(=O)O)C2O)C(O)C(O)C1O. The van der Waals surface area contributed by atoms with Gasteiger partial charge in [-0.2, -0.15) is 8.42 Å². The number of allylic oxidation sites excluding steroid dienone is 1. The summed E-state index contributed by atoms with van der Waals surface area (Å²) in [6.07, 6.45) is -7.42. The molecule has 19 atom stereocenters. The Bertz CT molecular complexity index is 1770. The van der Waals surface area contributed by atoms with E-state index in [-0.39, 0.29) is 40.8 Å². The second kappa shape index (κ2) is 14.1. The fourth-order valence-electron chi connectivity index (χ4n) is 13.7. The highest BCUT2D eigenvalue weighted by Gasteiger charge is 2.80. The van der Waals surface area contributed by atoms with E-state index in [1.807, 2.05) is 13.0 Å². The number of rotatable bonds is 7. The molecule has 7 fully saturated rings. The number of cyclic esters (lactones) is 1. The minimum atomic E-state index is -5.02. The van der Waals surface area contributed by atoms with Gasteiger partial charge in [-0.05, 0) is 107 Å². The summed E-state index contributed by atoms with van der Waals surface area (Å²) in [4.78, 5) is 14.4. The van der Waals surface area contributed by atoms with Crippen LogP contribution in [0.1, 0.15) is 107 Å². The second-order valence-electron chi connectivity index (χ2n) is 20.5. The van der Waals surface area contributed by atoms with E-state index in [1.165, 1.54) is 12.5 Å². The predicted octanol–water partition coefficient (Wildman–Crippen LogP) is 2.32. The third kappa shape index (κ3) is 6.26. The van der Waals surface area contributed by atoms with Crippen LogP contribution in [-0.2, 0) is 47.8 Å². The zero-order valence-electron chi connectivity index (χ0n) is 34.8. The van der Waals surface area contributed by atoms with E-state index in [0.717, 1.165) is 38.5 Å². The molecular weight excluding hydrogens is 781 g/mol. The van der Waals surface area contributed by atoms with E-state index in [9.17, 15) is 43.3 Å². The van der Waals surface area contributed by atoms with Crippen molar-refractivity contribution in [3.05, 3.63) is 11.6 Å². The number of aliphatic hydroxyl groups is 5. The van der Waals surface area contributed by atoms with Crippen molar-refractivity contribution < 1.29 is 75.9 Å². The maximum absolute atomic E-state index is 14.4. The van der Waals surface area contributed by atoms with Gasteiger partial charge in [0, 0.05) is 5.92 Å². The molecule has 19 unspecified atom stereocenters. The number of fused-ring (bicyclic) bond motifs is 4. The number of hydrogen-bond donors (Lipinski definition) is 6. The molecule has 8 aliphatic rings. The molecule has 0 bridgehead atoms. The summed E-state index contributed by atoms with van der Waals surface area (Å²) in [6, 6.07) is 0. The molecule has 6 N–H and O–H groups in total. The molecule has 330 valence electrons. The van der Waals surface area contributed by atoms with Crippen LogP contribution >= 0.6 is 0 Å². The molecule has 58 heavy (non-hydrogen) atoms. The number of ether oxygens (including phenoxy) is 6. The lowest BCUT2D eigenvalue weighted by atomic mass is 9.40. The van der Waals surface area contributed by atoms with Gasteiger partial charge in [-0.15, -0.1) is 0 Å². The van der Waals surface area contributed by atoms with E-state index in [4.69, 9.17) is 32.6 Å². The van der Waals surface area contributed by atoms with Crippen molar-refractivity contribution in [2.75, 3.05) is 6.61 Å². The predicted molar refractivity (Wildman–Crippen MR) is 202 cm³/mol. The van der Waals surface area contributed by atoms with Gasteiger partial charge in [0.15, 0.2) is 12.6 Å². The summed E-state index contributed by atoms with van der Waals surface area (Å²) in [7, 11) is -5.02. The quantitative estimate of drug-likeness (QED) is 0.0934. The molecule has 0 radical (unpaired) electrons. The van der Waals surface area contributed by atoms with Crippen molar-refractivity contribution >= 4 is 16.4 Å². The Morgan fingerprint density at radius 2 is 1.50 bits per heavy atom. The normalized spacial score (nSPS) is 53.5. The van der Waals surface area contributed by atoms with Crippen molar-refractivity contribution in [3.63, 3.8) is 0 Å². The molecule has 1 spiro atoms. The molecule has 4 heterocycles. The number of carbonyl (C=O) groups is 1. The van der Waals surface area contributed by atoms with Crippen LogP contribution in [0.3, 0.4) is 0 Å². The third-order valence-electron chi connectivity index (χ3n) is 16.7. The van der Waals surface area contributed by atoms with Gasteiger partial charge >= 0.3 is 16.4 Å². The topological polar surface area (TPSA) is 237 Å². The van der Waals surface area contributed by atoms with Crippen molar-refractivity contribution in [2.24, 2.45) is 39.4 Å². The van der Waals surface area contributed by atoms with Crippen molar-refractivity contribution in [1.82, 2.24) is 0 Å². The van der Waals surface area contributed by atoms with Crippen LogP contribution in [0.5, 0.6) is 0 Å². The first-order valence-electron chi connectivity index (χ1n) is 21.1. The molecule has 0 amide bonds. The Kier molecular flexibility index (Phi) is 10.5. The summed E-state index contributed by atoms with van der Waals surface area (Å²) in [5, 5.41) is 55.3. The minimum absolute atomic E-state index is 0.0405. The largest absolute Gasteiger partial charge is 0.456 e. The van der Waals surface area contributed by atoms with Crippen LogP contribution in [0, 0.1) is 39.4 Å². The summed E-state index contributed by atoms with van der Waals surface area (Å²) in [5.74, 6) is -0.431. The van der Waals surface area contributed by atoms with Gasteiger partial charge in [0.25, 0.3) is 0 Å². The molecular formula is C41H64O16S. The average molecular weight is 845 g/mol. The van der Waals surface area contributed by atoms with E-state index >= 15 is 0 Å². The molecule has 0 aromatic carbocycles. The standard InChI is InChI=1S/C41H64O16S/c1-19-28(43)30(45)31(46)33(52-19)54-32-29(44)22(57-58(48,49)50)18-51-34(32)53-26-13-15-38(6)21-17-25(42)41-24(40(8,56-35(41)47)27-12-14-36(2,3)55-27)11-16-39(41,7)20(21)9-10-23(38)37(26,4)5/h17,19-20,22-34,42-46H,9-16,18H2,1-8H3,(H,48,49,50). The van der Waals surface area contributed by atoms with Crippen LogP contribution in [0.4, 0.5) is 0 Å². The van der Waals surface area contributed by atoms with Crippen LogP contribution in [0.2, 0.25) is 0 Å². The highest BCUT2D eigenvalue weighted by Crippen LogP contribution is 2.76. The average Bonchev–Trinajstić information content (AvgIpc) is 3.75. The van der Waals surface area contributed by atoms with Gasteiger partial charge in [0.1, 0.15) is 47.6 Å². The number of hydrogen-bond acceptors (Lipinski definition) is 15. The Morgan fingerprint density at radius 1 is 0.793 bits per heavy atom. The van der Waals surface area contributed by atoms with Crippen LogP contribution in [0.25, 0.3) is 0 Å². The van der Waals surface area contributed by atoms with Gasteiger partial charge in [-0.1, -0.05) is 39.3 Å². The Balaban J connectivity index is 1.05. The van der Waals surface area contributed by atoms with Crippen molar-refractivity contribution in [2.45, 2.75) is 192 Å². The Labute approximate surface area is 340 Å². The second-order valence-corrected chi connectivity index (χ2v) is 21.6. The van der Waals surface area contributed by atoms with E-state index in [1.54, 1.807) is 0 Å². The van der Waals surface area contributed by atoms with Gasteiger partial charge < -0.3 is 54.0 Å². The molecule has 8 rings (SSSR count). The van der Waals surface area contributed by atoms with Gasteiger partial charge in [0.2, 0.25) is 0 Å². The number of esters is 1. The highest BCUT2D eigenvalue weighted by atomic mass is 32.3. The summed E-state index contributed by atoms with van der Waals surface area (Å²) >= 11 is 0. The summed E-state index contributed by atoms with van der Waals surface area (Å²) in [5.41, 5.74) is -2.52. The van der Waals surface area contributed by atoms with Crippen LogP contribution in [0.15, 0.2) is 11.6 Å². The Hall–Kier alpha value is -1.32. The zero-order chi connectivity index (χ0) is 42.3. The maximum atomic E-state index is 14.4.